The fraction of sp³-hybridized carbons (Fsp3) is 0.381. The average Bonchev–Trinajstić information content (AvgIpc) is 3.33. The second-order valence-corrected chi connectivity index (χ2v) is 7.19. The summed E-state index contributed by atoms with van der Waals surface area (Å²) in [4.78, 5) is 12.6. The summed E-state index contributed by atoms with van der Waals surface area (Å²) in [6, 6.07) is 9.29. The Kier molecular flexibility index (Phi) is 3.87. The summed E-state index contributed by atoms with van der Waals surface area (Å²) >= 11 is 0. The maximum absolute atomic E-state index is 12.6. The van der Waals surface area contributed by atoms with Gasteiger partial charge in [0.1, 0.15) is 0 Å². The van der Waals surface area contributed by atoms with Gasteiger partial charge in [0.05, 0.1) is 32.8 Å². The van der Waals surface area contributed by atoms with Crippen LogP contribution in [-0.2, 0) is 9.53 Å². The molecule has 2 aromatic rings. The van der Waals surface area contributed by atoms with Crippen LogP contribution in [0.25, 0.3) is 0 Å². The number of hydrogen-bond acceptors (Lipinski definition) is 7. The number of fused-ring (bicyclic) bond motifs is 3. The Labute approximate surface area is 161 Å². The van der Waals surface area contributed by atoms with Gasteiger partial charge in [-0.05, 0) is 41.0 Å². The van der Waals surface area contributed by atoms with Crippen molar-refractivity contribution in [3.63, 3.8) is 0 Å². The van der Waals surface area contributed by atoms with Crippen molar-refractivity contribution in [3.8, 4) is 23.0 Å². The highest BCUT2D eigenvalue weighted by Gasteiger charge is 2.52. The molecule has 5 rings (SSSR count). The minimum Gasteiger partial charge on any atom is -0.493 e. The van der Waals surface area contributed by atoms with E-state index in [1.807, 2.05) is 30.3 Å². The van der Waals surface area contributed by atoms with E-state index in [1.54, 1.807) is 14.2 Å². The third kappa shape index (κ3) is 2.36. The molecule has 0 unspecified atom stereocenters. The number of rotatable bonds is 3. The van der Waals surface area contributed by atoms with E-state index in [0.717, 1.165) is 16.7 Å². The molecule has 0 saturated carbocycles. The molecular formula is C21H20O7. The SMILES string of the molecule is COc1ccc([C@@H]2c3cc4c(cc3[C@H](O)[C@H]3COC(=O)[C@@H]23)OCO4)cc1OC. The van der Waals surface area contributed by atoms with Gasteiger partial charge in [0.2, 0.25) is 6.79 Å². The van der Waals surface area contributed by atoms with Crippen LogP contribution in [0.15, 0.2) is 30.3 Å². The Morgan fingerprint density at radius 2 is 1.68 bits per heavy atom. The number of hydrogen-bond donors (Lipinski definition) is 1. The number of benzene rings is 2. The molecule has 146 valence electrons. The molecule has 2 aliphatic heterocycles. The van der Waals surface area contributed by atoms with Crippen molar-refractivity contribution in [2.24, 2.45) is 11.8 Å². The van der Waals surface area contributed by atoms with Crippen molar-refractivity contribution in [3.05, 3.63) is 47.0 Å². The number of carbonyl (C=O) groups excluding carboxylic acids is 1. The van der Waals surface area contributed by atoms with Gasteiger partial charge in [-0.1, -0.05) is 6.07 Å². The second-order valence-electron chi connectivity index (χ2n) is 7.19. The Morgan fingerprint density at radius 1 is 0.964 bits per heavy atom. The van der Waals surface area contributed by atoms with Crippen LogP contribution < -0.4 is 18.9 Å². The van der Waals surface area contributed by atoms with Gasteiger partial charge in [-0.2, -0.15) is 0 Å². The largest absolute Gasteiger partial charge is 0.493 e. The van der Waals surface area contributed by atoms with E-state index in [-0.39, 0.29) is 31.2 Å². The maximum atomic E-state index is 12.6. The van der Waals surface area contributed by atoms with Gasteiger partial charge in [0.25, 0.3) is 0 Å². The molecule has 3 aliphatic rings. The second kappa shape index (κ2) is 6.31. The molecule has 2 aromatic carbocycles. The standard InChI is InChI=1S/C21H20O7/c1-24-14-4-3-10(5-15(14)25-2)18-11-6-16-17(28-9-27-16)7-12(11)20(22)13-8-26-21(23)19(13)18/h3-7,13,18-20,22H,8-9H2,1-2H3/t13-,18+,19+,20-/m0/s1. The molecule has 7 nitrogen and oxygen atoms in total. The predicted octanol–water partition coefficient (Wildman–Crippen LogP) is 2.40. The molecule has 1 fully saturated rings. The number of carbonyl (C=O) groups is 1. The predicted molar refractivity (Wildman–Crippen MR) is 96.9 cm³/mol. The van der Waals surface area contributed by atoms with E-state index < -0.39 is 12.0 Å². The van der Waals surface area contributed by atoms with E-state index in [4.69, 9.17) is 23.7 Å². The molecule has 2 heterocycles. The van der Waals surface area contributed by atoms with Gasteiger partial charge < -0.3 is 28.8 Å². The van der Waals surface area contributed by atoms with Crippen LogP contribution in [0.5, 0.6) is 23.0 Å². The van der Waals surface area contributed by atoms with Gasteiger partial charge in [-0.25, -0.2) is 0 Å². The van der Waals surface area contributed by atoms with Gasteiger partial charge in [0, 0.05) is 11.8 Å². The third-order valence-corrected chi connectivity index (χ3v) is 5.91. The van der Waals surface area contributed by atoms with Crippen LogP contribution in [0.2, 0.25) is 0 Å². The molecule has 28 heavy (non-hydrogen) atoms. The van der Waals surface area contributed by atoms with Gasteiger partial charge in [-0.3, -0.25) is 4.79 Å². The number of methoxy groups -OCH3 is 2. The monoisotopic (exact) mass is 384 g/mol. The fourth-order valence-corrected chi connectivity index (χ4v) is 4.58. The number of cyclic esters (lactones) is 1. The van der Waals surface area contributed by atoms with Crippen molar-refractivity contribution in [2.75, 3.05) is 27.6 Å². The third-order valence-electron chi connectivity index (χ3n) is 5.91. The van der Waals surface area contributed by atoms with Crippen LogP contribution in [0.4, 0.5) is 0 Å². The first-order chi connectivity index (χ1) is 13.6. The van der Waals surface area contributed by atoms with E-state index in [9.17, 15) is 9.90 Å². The zero-order chi connectivity index (χ0) is 19.4. The zero-order valence-electron chi connectivity index (χ0n) is 15.5. The average molecular weight is 384 g/mol. The lowest BCUT2D eigenvalue weighted by Crippen LogP contribution is -2.34. The Bertz CT molecular complexity index is 954. The molecule has 4 atom stereocenters. The van der Waals surface area contributed by atoms with E-state index in [0.29, 0.717) is 23.0 Å². The van der Waals surface area contributed by atoms with Gasteiger partial charge in [0.15, 0.2) is 23.0 Å². The first-order valence-electron chi connectivity index (χ1n) is 9.12. The smallest absolute Gasteiger partial charge is 0.310 e. The van der Waals surface area contributed by atoms with Crippen LogP contribution in [0.1, 0.15) is 28.7 Å². The summed E-state index contributed by atoms with van der Waals surface area (Å²) in [5, 5.41) is 11.0. The number of ether oxygens (including phenoxy) is 5. The first-order valence-corrected chi connectivity index (χ1v) is 9.12. The lowest BCUT2D eigenvalue weighted by atomic mass is 9.66. The summed E-state index contributed by atoms with van der Waals surface area (Å²) in [5.41, 5.74) is 2.46. The summed E-state index contributed by atoms with van der Waals surface area (Å²) in [6.45, 7) is 0.340. The minimum atomic E-state index is -0.808. The van der Waals surface area contributed by atoms with E-state index in [2.05, 4.69) is 0 Å². The quantitative estimate of drug-likeness (QED) is 0.814. The van der Waals surface area contributed by atoms with Crippen molar-refractivity contribution < 1.29 is 33.6 Å². The van der Waals surface area contributed by atoms with Crippen molar-refractivity contribution in [1.29, 1.82) is 0 Å². The van der Waals surface area contributed by atoms with Crippen LogP contribution in [0.3, 0.4) is 0 Å². The minimum absolute atomic E-state index is 0.143. The normalized spacial score (nSPS) is 27.0. The highest BCUT2D eigenvalue weighted by atomic mass is 16.7. The molecule has 0 amide bonds. The van der Waals surface area contributed by atoms with Crippen LogP contribution in [-0.4, -0.2) is 38.7 Å². The van der Waals surface area contributed by atoms with Crippen LogP contribution >= 0.6 is 0 Å². The van der Waals surface area contributed by atoms with Crippen molar-refractivity contribution in [2.45, 2.75) is 12.0 Å². The number of esters is 1. The number of aliphatic hydroxyl groups is 1. The molecule has 1 saturated heterocycles. The fourth-order valence-electron chi connectivity index (χ4n) is 4.58. The summed E-state index contributed by atoms with van der Waals surface area (Å²) < 4.78 is 27.2. The zero-order valence-corrected chi connectivity index (χ0v) is 15.5. The van der Waals surface area contributed by atoms with E-state index in [1.165, 1.54) is 0 Å². The highest BCUT2D eigenvalue weighted by Crippen LogP contribution is 2.54. The summed E-state index contributed by atoms with van der Waals surface area (Å²) in [7, 11) is 3.15. The molecule has 0 spiro atoms. The van der Waals surface area contributed by atoms with Crippen molar-refractivity contribution >= 4 is 5.97 Å². The van der Waals surface area contributed by atoms with Crippen LogP contribution in [0, 0.1) is 11.8 Å². The molecule has 1 aliphatic carbocycles. The van der Waals surface area contributed by atoms with Gasteiger partial charge >= 0.3 is 5.97 Å². The summed E-state index contributed by atoms with van der Waals surface area (Å²) in [6.07, 6.45) is -0.808. The lowest BCUT2D eigenvalue weighted by molar-refractivity contribution is -0.141. The first kappa shape index (κ1) is 17.2. The molecule has 0 aromatic heterocycles. The molecule has 0 bridgehead atoms. The number of aliphatic hydroxyl groups excluding tert-OH is 1. The Hall–Kier alpha value is -2.93. The molecular weight excluding hydrogens is 364 g/mol. The van der Waals surface area contributed by atoms with Crippen molar-refractivity contribution in [1.82, 2.24) is 0 Å². The maximum Gasteiger partial charge on any atom is 0.310 e. The van der Waals surface area contributed by atoms with Gasteiger partial charge in [-0.15, -0.1) is 0 Å². The molecule has 7 heteroatoms. The lowest BCUT2D eigenvalue weighted by Gasteiger charge is -2.36. The summed E-state index contributed by atoms with van der Waals surface area (Å²) in [5.74, 6) is 1.00. The van der Waals surface area contributed by atoms with E-state index >= 15 is 0 Å². The Balaban J connectivity index is 1.71. The molecule has 0 radical (unpaired) electrons. The topological polar surface area (TPSA) is 83.5 Å². The highest BCUT2D eigenvalue weighted by molar-refractivity contribution is 5.78. The molecule has 1 N–H and O–H groups in total. The Morgan fingerprint density at radius 3 is 2.39 bits per heavy atom.